The van der Waals surface area contributed by atoms with E-state index in [1.54, 1.807) is 6.92 Å². The molecular formula is C15H23NO3S. The second kappa shape index (κ2) is 6.59. The largest absolute Gasteiger partial charge is 0.493 e. The molecule has 0 amide bonds. The molecule has 0 radical (unpaired) electrons. The molecule has 2 unspecified atom stereocenters. The van der Waals surface area contributed by atoms with E-state index in [0.29, 0.717) is 13.0 Å². The van der Waals surface area contributed by atoms with Crippen LogP contribution in [-0.4, -0.2) is 32.6 Å². The number of rotatable bonds is 6. The Balaban J connectivity index is 1.84. The fraction of sp³-hybridized carbons (Fsp3) is 0.600. The lowest BCUT2D eigenvalue weighted by atomic mass is 9.89. The van der Waals surface area contributed by atoms with Crippen LogP contribution >= 0.6 is 0 Å². The van der Waals surface area contributed by atoms with Crippen LogP contribution in [0.25, 0.3) is 0 Å². The van der Waals surface area contributed by atoms with E-state index in [2.05, 4.69) is 6.07 Å². The maximum Gasteiger partial charge on any atom is 0.150 e. The number of para-hydroxylation sites is 1. The minimum absolute atomic E-state index is 0.00425. The molecule has 0 saturated carbocycles. The average molecular weight is 297 g/mol. The molecule has 0 saturated heterocycles. The van der Waals surface area contributed by atoms with Gasteiger partial charge in [0.2, 0.25) is 0 Å². The third-order valence-electron chi connectivity index (χ3n) is 3.95. The molecule has 5 heteroatoms. The van der Waals surface area contributed by atoms with Gasteiger partial charge in [-0.15, -0.1) is 0 Å². The van der Waals surface area contributed by atoms with Gasteiger partial charge in [0.05, 0.1) is 12.4 Å². The molecule has 112 valence electrons. The van der Waals surface area contributed by atoms with Gasteiger partial charge in [-0.3, -0.25) is 0 Å². The van der Waals surface area contributed by atoms with Crippen LogP contribution in [-0.2, 0) is 16.3 Å². The SMILES string of the molecule is CCS(=O)(=O)CCCC(N)C1COc2ccccc2C1. The van der Waals surface area contributed by atoms with Crippen molar-refractivity contribution in [2.75, 3.05) is 18.1 Å². The summed E-state index contributed by atoms with van der Waals surface area (Å²) < 4.78 is 28.6. The Morgan fingerprint density at radius 1 is 1.40 bits per heavy atom. The van der Waals surface area contributed by atoms with Crippen LogP contribution in [0.15, 0.2) is 24.3 Å². The molecule has 1 aliphatic rings. The lowest BCUT2D eigenvalue weighted by Gasteiger charge is -2.29. The summed E-state index contributed by atoms with van der Waals surface area (Å²) in [6.45, 7) is 2.31. The standard InChI is InChI=1S/C15H23NO3S/c1-2-20(17,18)9-5-7-14(16)13-10-12-6-3-4-8-15(12)19-11-13/h3-4,6,8,13-14H,2,5,7,9-11,16H2,1H3. The minimum atomic E-state index is -2.88. The van der Waals surface area contributed by atoms with Crippen molar-refractivity contribution in [1.29, 1.82) is 0 Å². The molecule has 1 aromatic rings. The Morgan fingerprint density at radius 3 is 2.90 bits per heavy atom. The molecule has 1 heterocycles. The highest BCUT2D eigenvalue weighted by molar-refractivity contribution is 7.91. The van der Waals surface area contributed by atoms with Gasteiger partial charge in [0.15, 0.2) is 0 Å². The summed E-state index contributed by atoms with van der Waals surface area (Å²) in [6.07, 6.45) is 2.28. The van der Waals surface area contributed by atoms with E-state index >= 15 is 0 Å². The van der Waals surface area contributed by atoms with Crippen molar-refractivity contribution in [2.24, 2.45) is 11.7 Å². The van der Waals surface area contributed by atoms with Gasteiger partial charge in [0, 0.05) is 17.7 Å². The minimum Gasteiger partial charge on any atom is -0.493 e. The number of fused-ring (bicyclic) bond motifs is 1. The molecule has 1 aromatic carbocycles. The Bertz CT molecular complexity index is 542. The third kappa shape index (κ3) is 3.96. The maximum absolute atomic E-state index is 11.5. The summed E-state index contributed by atoms with van der Waals surface area (Å²) in [4.78, 5) is 0. The quantitative estimate of drug-likeness (QED) is 0.869. The summed E-state index contributed by atoms with van der Waals surface area (Å²) in [5, 5.41) is 0. The molecule has 0 spiro atoms. The van der Waals surface area contributed by atoms with Gasteiger partial charge in [0.25, 0.3) is 0 Å². The zero-order valence-corrected chi connectivity index (χ0v) is 12.7. The fourth-order valence-electron chi connectivity index (χ4n) is 2.55. The van der Waals surface area contributed by atoms with Gasteiger partial charge in [-0.2, -0.15) is 0 Å². The number of nitrogens with two attached hydrogens (primary N) is 1. The van der Waals surface area contributed by atoms with Crippen molar-refractivity contribution in [3.63, 3.8) is 0 Å². The predicted molar refractivity (Wildman–Crippen MR) is 80.7 cm³/mol. The number of ether oxygens (including phenoxy) is 1. The highest BCUT2D eigenvalue weighted by Gasteiger charge is 2.25. The summed E-state index contributed by atoms with van der Waals surface area (Å²) in [5.74, 6) is 1.67. The molecule has 2 atom stereocenters. The van der Waals surface area contributed by atoms with E-state index in [1.807, 2.05) is 18.2 Å². The second-order valence-corrected chi connectivity index (χ2v) is 7.90. The van der Waals surface area contributed by atoms with E-state index < -0.39 is 9.84 Å². The lowest BCUT2D eigenvalue weighted by Crippen LogP contribution is -2.38. The van der Waals surface area contributed by atoms with Gasteiger partial charge >= 0.3 is 0 Å². The zero-order chi connectivity index (χ0) is 14.6. The van der Waals surface area contributed by atoms with E-state index in [1.165, 1.54) is 5.56 Å². The number of benzene rings is 1. The average Bonchev–Trinajstić information content (AvgIpc) is 2.46. The van der Waals surface area contributed by atoms with E-state index in [0.717, 1.165) is 18.6 Å². The summed E-state index contributed by atoms with van der Waals surface area (Å²) >= 11 is 0. The van der Waals surface area contributed by atoms with Gasteiger partial charge in [0.1, 0.15) is 15.6 Å². The van der Waals surface area contributed by atoms with Crippen LogP contribution in [0, 0.1) is 5.92 Å². The first-order chi connectivity index (χ1) is 9.52. The monoisotopic (exact) mass is 297 g/mol. The Labute approximate surface area is 121 Å². The second-order valence-electron chi connectivity index (χ2n) is 5.43. The highest BCUT2D eigenvalue weighted by atomic mass is 32.2. The number of hydrogen-bond acceptors (Lipinski definition) is 4. The topological polar surface area (TPSA) is 69.4 Å². The van der Waals surface area contributed by atoms with Crippen LogP contribution < -0.4 is 10.5 Å². The van der Waals surface area contributed by atoms with E-state index in [9.17, 15) is 8.42 Å². The van der Waals surface area contributed by atoms with Crippen molar-refractivity contribution >= 4 is 9.84 Å². The Morgan fingerprint density at radius 2 is 2.15 bits per heavy atom. The maximum atomic E-state index is 11.5. The molecule has 0 aliphatic carbocycles. The fourth-order valence-corrected chi connectivity index (χ4v) is 3.44. The summed E-state index contributed by atoms with van der Waals surface area (Å²) in [5.41, 5.74) is 7.40. The Kier molecular flexibility index (Phi) is 5.05. The van der Waals surface area contributed by atoms with Gasteiger partial charge in [-0.1, -0.05) is 25.1 Å². The predicted octanol–water partition coefficient (Wildman–Crippen LogP) is 1.78. The van der Waals surface area contributed by atoms with E-state index in [4.69, 9.17) is 10.5 Å². The molecule has 0 fully saturated rings. The van der Waals surface area contributed by atoms with Crippen molar-refractivity contribution in [3.05, 3.63) is 29.8 Å². The summed E-state index contributed by atoms with van der Waals surface area (Å²) in [6, 6.07) is 8.01. The molecule has 1 aliphatic heterocycles. The number of hydrogen-bond donors (Lipinski definition) is 1. The van der Waals surface area contributed by atoms with Crippen LogP contribution in [0.5, 0.6) is 5.75 Å². The first-order valence-corrected chi connectivity index (χ1v) is 9.00. The molecule has 0 aromatic heterocycles. The zero-order valence-electron chi connectivity index (χ0n) is 11.9. The van der Waals surface area contributed by atoms with Crippen LogP contribution in [0.2, 0.25) is 0 Å². The van der Waals surface area contributed by atoms with Gasteiger partial charge in [-0.05, 0) is 30.9 Å². The van der Waals surface area contributed by atoms with Gasteiger partial charge in [-0.25, -0.2) is 8.42 Å². The van der Waals surface area contributed by atoms with Crippen molar-refractivity contribution in [1.82, 2.24) is 0 Å². The van der Waals surface area contributed by atoms with Gasteiger partial charge < -0.3 is 10.5 Å². The van der Waals surface area contributed by atoms with Crippen LogP contribution in [0.4, 0.5) is 0 Å². The smallest absolute Gasteiger partial charge is 0.150 e. The molecule has 2 rings (SSSR count). The first-order valence-electron chi connectivity index (χ1n) is 7.18. The Hall–Kier alpha value is -1.07. The van der Waals surface area contributed by atoms with Crippen LogP contribution in [0.1, 0.15) is 25.3 Å². The lowest BCUT2D eigenvalue weighted by molar-refractivity contribution is 0.195. The third-order valence-corrected chi connectivity index (χ3v) is 5.74. The summed E-state index contributed by atoms with van der Waals surface area (Å²) in [7, 11) is -2.88. The molecule has 20 heavy (non-hydrogen) atoms. The molecule has 4 nitrogen and oxygen atoms in total. The first kappa shape index (κ1) is 15.3. The molecule has 0 bridgehead atoms. The molecular weight excluding hydrogens is 274 g/mol. The molecule has 2 N–H and O–H groups in total. The normalized spacial score (nSPS) is 20.0. The van der Waals surface area contributed by atoms with Crippen molar-refractivity contribution < 1.29 is 13.2 Å². The highest BCUT2D eigenvalue weighted by Crippen LogP contribution is 2.28. The van der Waals surface area contributed by atoms with E-state index in [-0.39, 0.29) is 23.5 Å². The van der Waals surface area contributed by atoms with Crippen molar-refractivity contribution in [3.8, 4) is 5.75 Å². The van der Waals surface area contributed by atoms with Crippen LogP contribution in [0.3, 0.4) is 0 Å². The number of sulfone groups is 1. The van der Waals surface area contributed by atoms with Crippen molar-refractivity contribution in [2.45, 2.75) is 32.2 Å².